The molecule has 1 N–H and O–H groups in total. The van der Waals surface area contributed by atoms with Crippen LogP contribution in [0, 0.1) is 0 Å². The third-order valence-electron chi connectivity index (χ3n) is 2.12. The molecule has 0 saturated carbocycles. The minimum absolute atomic E-state index is 0.00455. The van der Waals surface area contributed by atoms with Gasteiger partial charge in [0.15, 0.2) is 11.5 Å². The maximum Gasteiger partial charge on any atom is 0.161 e. The van der Waals surface area contributed by atoms with E-state index in [9.17, 15) is 0 Å². The zero-order valence-corrected chi connectivity index (χ0v) is 12.0. The van der Waals surface area contributed by atoms with E-state index in [1.54, 1.807) is 19.2 Å². The number of methoxy groups -OCH3 is 1. The summed E-state index contributed by atoms with van der Waals surface area (Å²) in [6.07, 6.45) is 0. The van der Waals surface area contributed by atoms with E-state index in [4.69, 9.17) is 19.3 Å². The van der Waals surface area contributed by atoms with Crippen LogP contribution < -0.4 is 9.47 Å². The Kier molecular flexibility index (Phi) is 7.30. The Morgan fingerprint density at radius 2 is 2.00 bits per heavy atom. The molecule has 5 heteroatoms. The molecule has 0 aromatic heterocycles. The van der Waals surface area contributed by atoms with Crippen LogP contribution in [0.4, 0.5) is 0 Å². The average molecular weight is 352 g/mol. The first kappa shape index (κ1) is 14.5. The zero-order valence-electron chi connectivity index (χ0n) is 9.82. The lowest BCUT2D eigenvalue weighted by atomic mass is 10.2. The van der Waals surface area contributed by atoms with Crippen LogP contribution in [-0.4, -0.2) is 36.5 Å². The number of aliphatic hydroxyl groups is 1. The van der Waals surface area contributed by atoms with Crippen LogP contribution in [0.1, 0.15) is 5.56 Å². The predicted molar refractivity (Wildman–Crippen MR) is 74.1 cm³/mol. The van der Waals surface area contributed by atoms with Crippen molar-refractivity contribution in [3.8, 4) is 11.5 Å². The highest BCUT2D eigenvalue weighted by Crippen LogP contribution is 2.27. The molecule has 0 fully saturated rings. The van der Waals surface area contributed by atoms with Gasteiger partial charge in [-0.15, -0.1) is 0 Å². The molecule has 1 aromatic carbocycles. The molecule has 1 rings (SSSR count). The lowest BCUT2D eigenvalue weighted by Crippen LogP contribution is -2.08. The molecule has 0 aliphatic rings. The second-order valence-corrected chi connectivity index (χ2v) is 4.37. The molecule has 0 radical (unpaired) electrons. The molecule has 0 bridgehead atoms. The summed E-state index contributed by atoms with van der Waals surface area (Å²) in [6.45, 7) is 1.79. The smallest absolute Gasteiger partial charge is 0.161 e. The molecular weight excluding hydrogens is 335 g/mol. The first-order chi connectivity index (χ1) is 8.31. The van der Waals surface area contributed by atoms with Gasteiger partial charge in [-0.2, -0.15) is 0 Å². The fraction of sp³-hybridized carbons (Fsp3) is 0.500. The second kappa shape index (κ2) is 8.54. The number of alkyl halides is 1. The highest BCUT2D eigenvalue weighted by molar-refractivity contribution is 14.1. The van der Waals surface area contributed by atoms with E-state index >= 15 is 0 Å². The molecule has 0 saturated heterocycles. The van der Waals surface area contributed by atoms with Crippen LogP contribution in [0.25, 0.3) is 0 Å². The van der Waals surface area contributed by atoms with Crippen LogP contribution in [0.15, 0.2) is 18.2 Å². The van der Waals surface area contributed by atoms with Gasteiger partial charge in [0.2, 0.25) is 0 Å². The van der Waals surface area contributed by atoms with Gasteiger partial charge in [-0.1, -0.05) is 28.7 Å². The summed E-state index contributed by atoms with van der Waals surface area (Å²) in [5, 5.41) is 9.00. The van der Waals surface area contributed by atoms with Gasteiger partial charge >= 0.3 is 0 Å². The topological polar surface area (TPSA) is 47.9 Å². The molecule has 0 atom stereocenters. The number of hydrogen-bond acceptors (Lipinski definition) is 4. The molecule has 1 aromatic rings. The first-order valence-electron chi connectivity index (χ1n) is 5.36. The number of halogens is 1. The minimum atomic E-state index is -0.00455. The van der Waals surface area contributed by atoms with Gasteiger partial charge in [0, 0.05) is 4.43 Å². The van der Waals surface area contributed by atoms with Gasteiger partial charge < -0.3 is 19.3 Å². The molecule has 0 heterocycles. The fourth-order valence-electron chi connectivity index (χ4n) is 1.30. The van der Waals surface area contributed by atoms with Crippen molar-refractivity contribution in [3.05, 3.63) is 23.8 Å². The molecule has 0 spiro atoms. The van der Waals surface area contributed by atoms with E-state index in [1.165, 1.54) is 0 Å². The molecule has 0 unspecified atom stereocenters. The first-order valence-corrected chi connectivity index (χ1v) is 6.88. The van der Waals surface area contributed by atoms with Crippen LogP contribution >= 0.6 is 22.6 Å². The Hall–Kier alpha value is -0.530. The third-order valence-corrected chi connectivity index (χ3v) is 2.56. The Labute approximate surface area is 115 Å². The highest BCUT2D eigenvalue weighted by atomic mass is 127. The summed E-state index contributed by atoms with van der Waals surface area (Å²) in [4.78, 5) is 0. The van der Waals surface area contributed by atoms with Crippen LogP contribution in [0.5, 0.6) is 11.5 Å². The third kappa shape index (κ3) is 5.10. The summed E-state index contributed by atoms with van der Waals surface area (Å²) < 4.78 is 17.0. The molecule has 0 aliphatic heterocycles. The lowest BCUT2D eigenvalue weighted by molar-refractivity contribution is 0.112. The summed E-state index contributed by atoms with van der Waals surface area (Å²) in [5.41, 5.74) is 0.801. The van der Waals surface area contributed by atoms with Crippen molar-refractivity contribution < 1.29 is 19.3 Å². The molecule has 17 heavy (non-hydrogen) atoms. The molecular formula is C12H17IO4. The van der Waals surface area contributed by atoms with E-state index < -0.39 is 0 Å². The van der Waals surface area contributed by atoms with Crippen molar-refractivity contribution in [1.82, 2.24) is 0 Å². The number of ether oxygens (including phenoxy) is 3. The van der Waals surface area contributed by atoms with Gasteiger partial charge in [0.05, 0.1) is 26.9 Å². The van der Waals surface area contributed by atoms with Crippen LogP contribution in [0.3, 0.4) is 0 Å². The van der Waals surface area contributed by atoms with E-state index in [0.717, 1.165) is 16.6 Å². The van der Waals surface area contributed by atoms with Crippen molar-refractivity contribution in [1.29, 1.82) is 0 Å². The second-order valence-electron chi connectivity index (χ2n) is 3.29. The molecule has 0 amide bonds. The van der Waals surface area contributed by atoms with Crippen molar-refractivity contribution >= 4 is 22.6 Å². The monoisotopic (exact) mass is 352 g/mol. The van der Waals surface area contributed by atoms with Crippen molar-refractivity contribution in [2.75, 3.05) is 31.4 Å². The van der Waals surface area contributed by atoms with Crippen LogP contribution in [-0.2, 0) is 11.3 Å². The maximum absolute atomic E-state index is 9.00. The average Bonchev–Trinajstić information content (AvgIpc) is 2.38. The number of aliphatic hydroxyl groups excluding tert-OH is 1. The van der Waals surface area contributed by atoms with E-state index in [1.807, 2.05) is 6.07 Å². The Morgan fingerprint density at radius 1 is 1.18 bits per heavy atom. The minimum Gasteiger partial charge on any atom is -0.493 e. The summed E-state index contributed by atoms with van der Waals surface area (Å²) >= 11 is 2.26. The highest BCUT2D eigenvalue weighted by Gasteiger charge is 2.05. The van der Waals surface area contributed by atoms with E-state index in [0.29, 0.717) is 24.7 Å². The Bertz CT molecular complexity index is 330. The number of rotatable bonds is 8. The maximum atomic E-state index is 9.00. The summed E-state index contributed by atoms with van der Waals surface area (Å²) in [5.74, 6) is 1.30. The van der Waals surface area contributed by atoms with Crippen molar-refractivity contribution in [3.63, 3.8) is 0 Å². The Morgan fingerprint density at radius 3 is 2.65 bits per heavy atom. The van der Waals surface area contributed by atoms with Crippen LogP contribution in [0.2, 0.25) is 0 Å². The molecule has 0 aliphatic carbocycles. The predicted octanol–water partition coefficient (Wildman–Crippen LogP) is 2.02. The SMILES string of the molecule is COc1cc(CO)ccc1OCCOCCI. The standard InChI is InChI=1S/C12H17IO4/c1-15-12-8-10(9-14)2-3-11(12)17-7-6-16-5-4-13/h2-3,8,14H,4-7,9H2,1H3. The number of benzene rings is 1. The summed E-state index contributed by atoms with van der Waals surface area (Å²) in [7, 11) is 1.58. The lowest BCUT2D eigenvalue weighted by Gasteiger charge is -2.11. The van der Waals surface area contributed by atoms with Crippen molar-refractivity contribution in [2.24, 2.45) is 0 Å². The molecule has 4 nitrogen and oxygen atoms in total. The van der Waals surface area contributed by atoms with E-state index in [2.05, 4.69) is 22.6 Å². The quantitative estimate of drug-likeness (QED) is 0.442. The zero-order chi connectivity index (χ0) is 12.5. The van der Waals surface area contributed by atoms with Crippen molar-refractivity contribution in [2.45, 2.75) is 6.61 Å². The largest absolute Gasteiger partial charge is 0.493 e. The van der Waals surface area contributed by atoms with Gasteiger partial charge in [-0.3, -0.25) is 0 Å². The van der Waals surface area contributed by atoms with Gasteiger partial charge in [-0.25, -0.2) is 0 Å². The molecule has 96 valence electrons. The van der Waals surface area contributed by atoms with Gasteiger partial charge in [0.1, 0.15) is 6.61 Å². The number of hydrogen-bond donors (Lipinski definition) is 1. The Balaban J connectivity index is 2.46. The summed E-state index contributed by atoms with van der Waals surface area (Å²) in [6, 6.07) is 5.37. The normalized spacial score (nSPS) is 10.3. The fourth-order valence-corrected chi connectivity index (χ4v) is 1.61. The van der Waals surface area contributed by atoms with Gasteiger partial charge in [-0.05, 0) is 17.7 Å². The van der Waals surface area contributed by atoms with E-state index in [-0.39, 0.29) is 6.61 Å². The van der Waals surface area contributed by atoms with Gasteiger partial charge in [0.25, 0.3) is 0 Å².